The number of carbonyl (C=O) groups is 2. The normalized spacial score (nSPS) is 27.8. The lowest BCUT2D eigenvalue weighted by Crippen LogP contribution is -2.58. The number of ether oxygens (including phenoxy) is 3. The SMILES string of the molecule is Cc1ccc2c(c1)OC(C)(C)[C@@H]1C[C@H]3CN(C(=O)[C@H](CC(C)C)NC(=O)OC(C)(C)C)CC[C@H]3O[C@@H]21. The number of piperidine rings is 1. The quantitative estimate of drug-likeness (QED) is 0.599. The minimum Gasteiger partial charge on any atom is -0.487 e. The van der Waals surface area contributed by atoms with Crippen molar-refractivity contribution in [3.8, 4) is 5.75 Å². The zero-order valence-electron chi connectivity index (χ0n) is 23.2. The van der Waals surface area contributed by atoms with Crippen LogP contribution in [0.5, 0.6) is 5.75 Å². The third-order valence-electron chi connectivity index (χ3n) is 7.66. The summed E-state index contributed by atoms with van der Waals surface area (Å²) in [6.07, 6.45) is 1.88. The lowest BCUT2D eigenvalue weighted by Gasteiger charge is -2.53. The van der Waals surface area contributed by atoms with Gasteiger partial charge in [-0.15, -0.1) is 0 Å². The van der Waals surface area contributed by atoms with Crippen molar-refractivity contribution in [3.63, 3.8) is 0 Å². The molecular formula is C29H44N2O5. The van der Waals surface area contributed by atoms with Crippen LogP contribution in [-0.4, -0.2) is 53.3 Å². The van der Waals surface area contributed by atoms with Crippen LogP contribution in [0.1, 0.15) is 85.0 Å². The van der Waals surface area contributed by atoms with Crippen LogP contribution < -0.4 is 10.1 Å². The van der Waals surface area contributed by atoms with Crippen LogP contribution in [0.15, 0.2) is 18.2 Å². The first-order valence-electron chi connectivity index (χ1n) is 13.5. The van der Waals surface area contributed by atoms with E-state index in [1.165, 1.54) is 5.56 Å². The highest BCUT2D eigenvalue weighted by Gasteiger charge is 2.51. The summed E-state index contributed by atoms with van der Waals surface area (Å²) >= 11 is 0. The molecule has 7 nitrogen and oxygen atoms in total. The van der Waals surface area contributed by atoms with E-state index in [9.17, 15) is 9.59 Å². The molecule has 1 aromatic rings. The van der Waals surface area contributed by atoms with Crippen molar-refractivity contribution in [3.05, 3.63) is 29.3 Å². The maximum atomic E-state index is 13.6. The van der Waals surface area contributed by atoms with E-state index in [2.05, 4.69) is 58.1 Å². The molecule has 4 rings (SSSR count). The third-order valence-corrected chi connectivity index (χ3v) is 7.66. The van der Waals surface area contributed by atoms with Gasteiger partial charge in [-0.25, -0.2) is 4.79 Å². The number of rotatable bonds is 4. The summed E-state index contributed by atoms with van der Waals surface area (Å²) in [7, 11) is 0. The van der Waals surface area contributed by atoms with Gasteiger partial charge in [-0.05, 0) is 78.4 Å². The van der Waals surface area contributed by atoms with Crippen molar-refractivity contribution in [1.82, 2.24) is 10.2 Å². The highest BCUT2D eigenvalue weighted by atomic mass is 16.6. The van der Waals surface area contributed by atoms with Crippen molar-refractivity contribution >= 4 is 12.0 Å². The number of amides is 2. The van der Waals surface area contributed by atoms with Gasteiger partial charge in [0.1, 0.15) is 23.0 Å². The van der Waals surface area contributed by atoms with Gasteiger partial charge in [-0.1, -0.05) is 26.0 Å². The first kappa shape index (κ1) is 26.8. The lowest BCUT2D eigenvalue weighted by atomic mass is 9.70. The average Bonchev–Trinajstić information content (AvgIpc) is 2.74. The summed E-state index contributed by atoms with van der Waals surface area (Å²) < 4.78 is 18.7. The van der Waals surface area contributed by atoms with Gasteiger partial charge in [0.25, 0.3) is 0 Å². The average molecular weight is 501 g/mol. The molecule has 0 bridgehead atoms. The minimum atomic E-state index is -0.615. The highest BCUT2D eigenvalue weighted by Crippen LogP contribution is 2.53. The summed E-state index contributed by atoms with van der Waals surface area (Å²) in [5.74, 6) is 1.59. The zero-order chi connectivity index (χ0) is 26.4. The second-order valence-electron chi connectivity index (χ2n) is 12.8. The standard InChI is InChI=1S/C29H44N2O5/c1-17(2)13-22(30-27(33)36-28(4,5)6)26(32)31-12-11-23-19(16-31)15-21-25(34-23)20-10-9-18(3)14-24(20)35-29(21,7)8/h9-10,14,17,19,21-23,25H,11-13,15-16H2,1-8H3,(H,30,33)/t19-,21+,22-,23+,25-/m0/s1. The number of likely N-dealkylation sites (tertiary alicyclic amines) is 1. The van der Waals surface area contributed by atoms with Gasteiger partial charge in [0.15, 0.2) is 0 Å². The van der Waals surface area contributed by atoms with Crippen molar-refractivity contribution in [1.29, 1.82) is 0 Å². The van der Waals surface area contributed by atoms with E-state index in [-0.39, 0.29) is 41.5 Å². The Balaban J connectivity index is 1.47. The molecule has 0 aliphatic carbocycles. The number of alkyl carbamates (subject to hydrolysis) is 1. The van der Waals surface area contributed by atoms with Gasteiger partial charge in [0.05, 0.1) is 12.2 Å². The Morgan fingerprint density at radius 3 is 2.64 bits per heavy atom. The van der Waals surface area contributed by atoms with Crippen molar-refractivity contribution in [2.24, 2.45) is 17.8 Å². The molecule has 1 aromatic carbocycles. The number of aryl methyl sites for hydroxylation is 1. The molecule has 3 aliphatic rings. The second-order valence-corrected chi connectivity index (χ2v) is 12.8. The maximum absolute atomic E-state index is 13.6. The predicted molar refractivity (Wildman–Crippen MR) is 139 cm³/mol. The third kappa shape index (κ3) is 5.82. The molecule has 0 radical (unpaired) electrons. The molecule has 0 aromatic heterocycles. The van der Waals surface area contributed by atoms with Gasteiger partial charge in [0.2, 0.25) is 5.91 Å². The molecule has 36 heavy (non-hydrogen) atoms. The van der Waals surface area contributed by atoms with Crippen LogP contribution in [0.2, 0.25) is 0 Å². The molecule has 7 heteroatoms. The molecule has 0 spiro atoms. The topological polar surface area (TPSA) is 77.1 Å². The van der Waals surface area contributed by atoms with Crippen molar-refractivity contribution < 1.29 is 23.8 Å². The van der Waals surface area contributed by atoms with Crippen LogP contribution >= 0.6 is 0 Å². The van der Waals surface area contributed by atoms with E-state index in [0.29, 0.717) is 19.5 Å². The van der Waals surface area contributed by atoms with Crippen LogP contribution in [0.25, 0.3) is 0 Å². The van der Waals surface area contributed by atoms with E-state index >= 15 is 0 Å². The molecule has 1 N–H and O–H groups in total. The van der Waals surface area contributed by atoms with Crippen LogP contribution in [0, 0.1) is 24.7 Å². The largest absolute Gasteiger partial charge is 0.487 e. The summed E-state index contributed by atoms with van der Waals surface area (Å²) in [6.45, 7) is 17.2. The summed E-state index contributed by atoms with van der Waals surface area (Å²) in [4.78, 5) is 28.0. The molecule has 200 valence electrons. The molecule has 0 unspecified atom stereocenters. The Hall–Kier alpha value is -2.28. The number of hydrogen-bond donors (Lipinski definition) is 1. The van der Waals surface area contributed by atoms with Gasteiger partial charge in [-0.2, -0.15) is 0 Å². The van der Waals surface area contributed by atoms with Gasteiger partial charge in [0, 0.05) is 30.5 Å². The molecule has 5 atom stereocenters. The lowest BCUT2D eigenvalue weighted by molar-refractivity contribution is -0.189. The second kappa shape index (κ2) is 9.88. The summed E-state index contributed by atoms with van der Waals surface area (Å²) in [5.41, 5.74) is 1.34. The summed E-state index contributed by atoms with van der Waals surface area (Å²) in [5, 5.41) is 2.84. The van der Waals surface area contributed by atoms with Crippen molar-refractivity contribution in [2.75, 3.05) is 13.1 Å². The maximum Gasteiger partial charge on any atom is 0.408 e. The van der Waals surface area contributed by atoms with Crippen molar-refractivity contribution in [2.45, 2.75) is 104 Å². The zero-order valence-corrected chi connectivity index (χ0v) is 23.2. The number of fused-ring (bicyclic) bond motifs is 4. The monoisotopic (exact) mass is 500 g/mol. The van der Waals surface area contributed by atoms with Gasteiger partial charge < -0.3 is 24.4 Å². The fourth-order valence-electron chi connectivity index (χ4n) is 5.97. The Labute approximate surface area is 216 Å². The molecule has 2 amide bonds. The minimum absolute atomic E-state index is 0.00961. The first-order chi connectivity index (χ1) is 16.7. The van der Waals surface area contributed by atoms with Crippen LogP contribution in [0.4, 0.5) is 4.79 Å². The Kier molecular flexibility index (Phi) is 7.35. The first-order valence-corrected chi connectivity index (χ1v) is 13.5. The van der Waals surface area contributed by atoms with Crippen LogP contribution in [-0.2, 0) is 14.3 Å². The Morgan fingerprint density at radius 1 is 1.25 bits per heavy atom. The summed E-state index contributed by atoms with van der Waals surface area (Å²) in [6, 6.07) is 5.78. The molecule has 2 saturated heterocycles. The molecule has 3 aliphatic heterocycles. The number of carbonyl (C=O) groups excluding carboxylic acids is 2. The van der Waals surface area contributed by atoms with E-state index in [4.69, 9.17) is 14.2 Å². The van der Waals surface area contributed by atoms with Gasteiger partial charge in [-0.3, -0.25) is 4.79 Å². The molecule has 3 heterocycles. The Bertz CT molecular complexity index is 982. The number of nitrogens with one attached hydrogen (secondary N) is 1. The number of nitrogens with zero attached hydrogens (tertiary/aromatic N) is 1. The van der Waals surface area contributed by atoms with E-state index in [1.54, 1.807) is 0 Å². The van der Waals surface area contributed by atoms with E-state index in [0.717, 1.165) is 24.2 Å². The molecule has 0 saturated carbocycles. The Morgan fingerprint density at radius 2 is 1.97 bits per heavy atom. The fourth-order valence-corrected chi connectivity index (χ4v) is 5.97. The highest BCUT2D eigenvalue weighted by molar-refractivity contribution is 5.86. The molecular weight excluding hydrogens is 456 g/mol. The predicted octanol–water partition coefficient (Wildman–Crippen LogP) is 5.40. The number of benzene rings is 1. The fraction of sp³-hybridized carbons (Fsp3) is 0.724. The molecule has 2 fully saturated rings. The smallest absolute Gasteiger partial charge is 0.408 e. The van der Waals surface area contributed by atoms with Crippen LogP contribution in [0.3, 0.4) is 0 Å². The van der Waals surface area contributed by atoms with E-state index in [1.807, 2.05) is 25.7 Å². The van der Waals surface area contributed by atoms with Gasteiger partial charge >= 0.3 is 6.09 Å². The van der Waals surface area contributed by atoms with E-state index < -0.39 is 17.7 Å². The number of hydrogen-bond acceptors (Lipinski definition) is 5.